The largest absolute Gasteiger partial charge is 0.457 e. The van der Waals surface area contributed by atoms with Crippen LogP contribution in [0.2, 0.25) is 0 Å². The van der Waals surface area contributed by atoms with E-state index in [0.29, 0.717) is 4.90 Å². The zero-order valence-electron chi connectivity index (χ0n) is 8.50. The molecule has 0 fully saturated rings. The molecule has 0 bridgehead atoms. The molecule has 0 unspecified atom stereocenters. The predicted octanol–water partition coefficient (Wildman–Crippen LogP) is 2.04. The molecule has 1 amide bonds. The summed E-state index contributed by atoms with van der Waals surface area (Å²) < 4.78 is 41.5. The number of aliphatic hydroxyl groups excluding tert-OH is 1. The Morgan fingerprint density at radius 3 is 2.59 bits per heavy atom. The fraction of sp³-hybridized carbons (Fsp3) is 0.444. The number of halogens is 4. The number of amides is 1. The Hall–Kier alpha value is -1.02. The topological polar surface area (TPSA) is 53.7 Å². The number of carbonyl (C=O) groups excluding carboxylic acids is 1. The third-order valence-electron chi connectivity index (χ3n) is 1.88. The summed E-state index contributed by atoms with van der Waals surface area (Å²) in [6.07, 6.45) is -3.33. The van der Waals surface area contributed by atoms with E-state index in [9.17, 15) is 18.0 Å². The van der Waals surface area contributed by atoms with Crippen LogP contribution in [0, 0.1) is 0 Å². The molecular formula is C9H9BrF3NO3. The molecule has 1 N–H and O–H groups in total. The van der Waals surface area contributed by atoms with Gasteiger partial charge in [-0.2, -0.15) is 13.2 Å². The minimum absolute atomic E-state index is 0.0114. The van der Waals surface area contributed by atoms with Crippen LogP contribution in [0.25, 0.3) is 0 Å². The molecule has 0 radical (unpaired) electrons. The van der Waals surface area contributed by atoms with Crippen LogP contribution in [0.4, 0.5) is 13.2 Å². The summed E-state index contributed by atoms with van der Waals surface area (Å²) in [7, 11) is 0. The SMILES string of the molecule is O=C(c1ccoc1Br)N(CCO)CC(F)(F)F. The van der Waals surface area contributed by atoms with E-state index in [1.807, 2.05) is 0 Å². The number of rotatable bonds is 4. The number of hydrogen-bond acceptors (Lipinski definition) is 3. The molecule has 1 aromatic rings. The van der Waals surface area contributed by atoms with E-state index in [1.165, 1.54) is 12.3 Å². The molecule has 0 aliphatic rings. The van der Waals surface area contributed by atoms with Crippen LogP contribution >= 0.6 is 15.9 Å². The molecule has 8 heteroatoms. The molecule has 1 aromatic heterocycles. The lowest BCUT2D eigenvalue weighted by molar-refractivity contribution is -0.141. The van der Waals surface area contributed by atoms with Gasteiger partial charge in [-0.3, -0.25) is 4.79 Å². The lowest BCUT2D eigenvalue weighted by Gasteiger charge is -2.22. The highest BCUT2D eigenvalue weighted by molar-refractivity contribution is 9.10. The fourth-order valence-corrected chi connectivity index (χ4v) is 1.62. The molecule has 0 atom stereocenters. The van der Waals surface area contributed by atoms with Gasteiger partial charge in [0.25, 0.3) is 5.91 Å². The average Bonchev–Trinajstić information content (AvgIpc) is 2.61. The van der Waals surface area contributed by atoms with Crippen molar-refractivity contribution in [3.05, 3.63) is 22.6 Å². The smallest absolute Gasteiger partial charge is 0.406 e. The van der Waals surface area contributed by atoms with Gasteiger partial charge in [0.15, 0.2) is 4.67 Å². The molecule has 0 saturated heterocycles. The van der Waals surface area contributed by atoms with Crippen molar-refractivity contribution in [1.29, 1.82) is 0 Å². The Kier molecular flexibility index (Phi) is 4.58. The van der Waals surface area contributed by atoms with Crippen LogP contribution in [0.5, 0.6) is 0 Å². The molecule has 0 aromatic carbocycles. The minimum Gasteiger partial charge on any atom is -0.457 e. The van der Waals surface area contributed by atoms with E-state index >= 15 is 0 Å². The maximum atomic E-state index is 12.2. The second-order valence-electron chi connectivity index (χ2n) is 3.17. The van der Waals surface area contributed by atoms with Crippen molar-refractivity contribution in [3.63, 3.8) is 0 Å². The van der Waals surface area contributed by atoms with Gasteiger partial charge >= 0.3 is 6.18 Å². The molecule has 0 spiro atoms. The highest BCUT2D eigenvalue weighted by Crippen LogP contribution is 2.22. The molecule has 1 heterocycles. The third kappa shape index (κ3) is 4.04. The van der Waals surface area contributed by atoms with Crippen molar-refractivity contribution < 1.29 is 27.5 Å². The van der Waals surface area contributed by atoms with Gasteiger partial charge in [0.1, 0.15) is 6.54 Å². The predicted molar refractivity (Wildman–Crippen MR) is 55.5 cm³/mol. The van der Waals surface area contributed by atoms with Gasteiger partial charge in [-0.05, 0) is 22.0 Å². The molecule has 0 aliphatic carbocycles. The van der Waals surface area contributed by atoms with Gasteiger partial charge in [-0.15, -0.1) is 0 Å². The number of furan rings is 1. The van der Waals surface area contributed by atoms with Gasteiger partial charge in [0.05, 0.1) is 18.4 Å². The summed E-state index contributed by atoms with van der Waals surface area (Å²) in [5.41, 5.74) is -0.0114. The summed E-state index contributed by atoms with van der Waals surface area (Å²) in [4.78, 5) is 12.2. The van der Waals surface area contributed by atoms with Crippen molar-refractivity contribution >= 4 is 21.8 Å². The van der Waals surface area contributed by atoms with Crippen LogP contribution in [-0.4, -0.2) is 41.8 Å². The Morgan fingerprint density at radius 1 is 1.53 bits per heavy atom. The first-order chi connectivity index (χ1) is 7.85. The van der Waals surface area contributed by atoms with E-state index in [1.54, 1.807) is 0 Å². The average molecular weight is 316 g/mol. The summed E-state index contributed by atoms with van der Waals surface area (Å²) in [6.45, 7) is -2.35. The minimum atomic E-state index is -4.51. The van der Waals surface area contributed by atoms with E-state index in [-0.39, 0.29) is 10.2 Å². The van der Waals surface area contributed by atoms with Crippen molar-refractivity contribution in [2.24, 2.45) is 0 Å². The second kappa shape index (κ2) is 5.54. The highest BCUT2D eigenvalue weighted by atomic mass is 79.9. The van der Waals surface area contributed by atoms with Crippen LogP contribution < -0.4 is 0 Å². The van der Waals surface area contributed by atoms with Crippen molar-refractivity contribution in [3.8, 4) is 0 Å². The van der Waals surface area contributed by atoms with Crippen molar-refractivity contribution in [1.82, 2.24) is 4.90 Å². The van der Waals surface area contributed by atoms with Gasteiger partial charge in [0.2, 0.25) is 0 Å². The van der Waals surface area contributed by atoms with Gasteiger partial charge < -0.3 is 14.4 Å². The van der Waals surface area contributed by atoms with Gasteiger partial charge in [-0.1, -0.05) is 0 Å². The number of alkyl halides is 3. The Morgan fingerprint density at radius 2 is 2.18 bits per heavy atom. The van der Waals surface area contributed by atoms with Crippen LogP contribution in [-0.2, 0) is 0 Å². The van der Waals surface area contributed by atoms with E-state index in [4.69, 9.17) is 9.52 Å². The maximum Gasteiger partial charge on any atom is 0.406 e. The zero-order chi connectivity index (χ0) is 13.1. The Balaban J connectivity index is 2.84. The summed E-state index contributed by atoms with van der Waals surface area (Å²) >= 11 is 2.91. The maximum absolute atomic E-state index is 12.2. The third-order valence-corrected chi connectivity index (χ3v) is 2.49. The lowest BCUT2D eigenvalue weighted by atomic mass is 10.3. The zero-order valence-corrected chi connectivity index (χ0v) is 10.1. The van der Waals surface area contributed by atoms with E-state index < -0.39 is 31.8 Å². The molecule has 0 saturated carbocycles. The van der Waals surface area contributed by atoms with Crippen LogP contribution in [0.3, 0.4) is 0 Å². The fourth-order valence-electron chi connectivity index (χ4n) is 1.21. The lowest BCUT2D eigenvalue weighted by Crippen LogP contribution is -2.40. The molecule has 96 valence electrons. The monoisotopic (exact) mass is 315 g/mol. The van der Waals surface area contributed by atoms with Gasteiger partial charge in [0, 0.05) is 6.54 Å². The first kappa shape index (κ1) is 14.0. The molecule has 17 heavy (non-hydrogen) atoms. The van der Waals surface area contributed by atoms with E-state index in [2.05, 4.69) is 15.9 Å². The van der Waals surface area contributed by atoms with Crippen LogP contribution in [0.1, 0.15) is 10.4 Å². The summed E-state index contributed by atoms with van der Waals surface area (Å²) in [6, 6.07) is 1.26. The molecular weight excluding hydrogens is 307 g/mol. The van der Waals surface area contributed by atoms with Crippen LogP contribution in [0.15, 0.2) is 21.4 Å². The molecule has 1 rings (SSSR count). The quantitative estimate of drug-likeness (QED) is 0.925. The first-order valence-electron chi connectivity index (χ1n) is 4.55. The highest BCUT2D eigenvalue weighted by Gasteiger charge is 2.33. The standard InChI is InChI=1S/C9H9BrF3NO3/c10-7-6(1-4-17-7)8(16)14(2-3-15)5-9(11,12)13/h1,4,15H,2-3,5H2. The summed E-state index contributed by atoms with van der Waals surface area (Å²) in [5, 5.41) is 8.65. The summed E-state index contributed by atoms with van der Waals surface area (Å²) in [5.74, 6) is -0.850. The van der Waals surface area contributed by atoms with Gasteiger partial charge in [-0.25, -0.2) is 0 Å². The van der Waals surface area contributed by atoms with Crippen molar-refractivity contribution in [2.45, 2.75) is 6.18 Å². The Labute approximate surface area is 103 Å². The van der Waals surface area contributed by atoms with Crippen molar-refractivity contribution in [2.75, 3.05) is 19.7 Å². The molecule has 4 nitrogen and oxygen atoms in total. The normalized spacial score (nSPS) is 11.6. The number of hydrogen-bond donors (Lipinski definition) is 1. The van der Waals surface area contributed by atoms with E-state index in [0.717, 1.165) is 0 Å². The number of nitrogens with zero attached hydrogens (tertiary/aromatic N) is 1. The first-order valence-corrected chi connectivity index (χ1v) is 5.34. The number of aliphatic hydroxyl groups is 1. The second-order valence-corrected chi connectivity index (χ2v) is 3.89. The number of carbonyl (C=O) groups is 1. The molecule has 0 aliphatic heterocycles. The Bertz CT molecular complexity index is 391.